The van der Waals surface area contributed by atoms with Gasteiger partial charge in [-0.05, 0) is 17.7 Å². The Hall–Kier alpha value is -1.94. The Labute approximate surface area is 87.6 Å². The highest BCUT2D eigenvalue weighted by Gasteiger charge is 1.99. The summed E-state index contributed by atoms with van der Waals surface area (Å²) in [4.78, 5) is 8.07. The Bertz CT molecular complexity index is 505. The molecule has 0 atom stereocenters. The summed E-state index contributed by atoms with van der Waals surface area (Å²) >= 11 is 0. The van der Waals surface area contributed by atoms with Crippen molar-refractivity contribution in [1.82, 2.24) is 9.97 Å². The fraction of sp³-hybridized carbons (Fsp3) is 0.0909. The zero-order valence-corrected chi connectivity index (χ0v) is 8.22. The van der Waals surface area contributed by atoms with Crippen LogP contribution in [0.3, 0.4) is 0 Å². The van der Waals surface area contributed by atoms with Gasteiger partial charge in [0.25, 0.3) is 0 Å². The molecule has 0 aliphatic carbocycles. The number of nitrogens with zero attached hydrogens (tertiary/aromatic N) is 2. The van der Waals surface area contributed by atoms with Crippen molar-refractivity contribution in [2.75, 3.05) is 12.3 Å². The number of hydrogen-bond acceptors (Lipinski definition) is 4. The van der Waals surface area contributed by atoms with Crippen LogP contribution in [0.2, 0.25) is 0 Å². The van der Waals surface area contributed by atoms with Crippen molar-refractivity contribution in [2.45, 2.75) is 0 Å². The Morgan fingerprint density at radius 1 is 1.27 bits per heavy atom. The number of fused-ring (bicyclic) bond motifs is 1. The van der Waals surface area contributed by atoms with Gasteiger partial charge in [0.1, 0.15) is 12.1 Å². The van der Waals surface area contributed by atoms with Gasteiger partial charge in [0.15, 0.2) is 0 Å². The molecule has 0 aliphatic heterocycles. The van der Waals surface area contributed by atoms with E-state index in [1.807, 2.05) is 30.4 Å². The summed E-state index contributed by atoms with van der Waals surface area (Å²) in [5, 5.41) is 0.872. The number of nitrogen functional groups attached to an aromatic ring is 1. The zero-order valence-electron chi connectivity index (χ0n) is 8.22. The molecule has 1 aromatic carbocycles. The molecule has 2 aromatic rings. The fourth-order valence-corrected chi connectivity index (χ4v) is 1.40. The number of nitrogens with two attached hydrogens (primary N) is 2. The van der Waals surface area contributed by atoms with E-state index in [1.165, 1.54) is 6.33 Å². The molecule has 4 nitrogen and oxygen atoms in total. The van der Waals surface area contributed by atoms with Gasteiger partial charge in [0, 0.05) is 11.9 Å². The van der Waals surface area contributed by atoms with Crippen molar-refractivity contribution in [3.05, 3.63) is 36.2 Å². The van der Waals surface area contributed by atoms with Gasteiger partial charge in [-0.2, -0.15) is 0 Å². The third kappa shape index (κ3) is 1.94. The van der Waals surface area contributed by atoms with Gasteiger partial charge in [-0.15, -0.1) is 0 Å². The smallest absolute Gasteiger partial charge is 0.134 e. The van der Waals surface area contributed by atoms with Crippen LogP contribution in [-0.4, -0.2) is 16.5 Å². The maximum atomic E-state index is 5.75. The zero-order chi connectivity index (χ0) is 10.7. The minimum absolute atomic E-state index is 0.503. The van der Waals surface area contributed by atoms with Gasteiger partial charge < -0.3 is 11.5 Å². The van der Waals surface area contributed by atoms with Crippen LogP contribution in [0.4, 0.5) is 5.82 Å². The van der Waals surface area contributed by atoms with E-state index in [0.717, 1.165) is 16.5 Å². The van der Waals surface area contributed by atoms with E-state index in [0.29, 0.717) is 12.4 Å². The average molecular weight is 200 g/mol. The van der Waals surface area contributed by atoms with Crippen LogP contribution in [0.1, 0.15) is 5.56 Å². The quantitative estimate of drug-likeness (QED) is 0.763. The average Bonchev–Trinajstić information content (AvgIpc) is 2.27. The monoisotopic (exact) mass is 200 g/mol. The first-order valence-corrected chi connectivity index (χ1v) is 4.68. The summed E-state index contributed by atoms with van der Waals surface area (Å²) in [6.07, 6.45) is 5.31. The summed E-state index contributed by atoms with van der Waals surface area (Å²) in [7, 11) is 0. The molecule has 15 heavy (non-hydrogen) atoms. The second-order valence-corrected chi connectivity index (χ2v) is 3.17. The predicted octanol–water partition coefficient (Wildman–Crippen LogP) is 1.18. The normalized spacial score (nSPS) is 11.3. The molecule has 76 valence electrons. The van der Waals surface area contributed by atoms with E-state index >= 15 is 0 Å². The lowest BCUT2D eigenvalue weighted by Gasteiger charge is -2.00. The highest BCUT2D eigenvalue weighted by atomic mass is 14.9. The summed E-state index contributed by atoms with van der Waals surface area (Å²) in [6.45, 7) is 0.527. The second-order valence-electron chi connectivity index (χ2n) is 3.17. The number of rotatable bonds is 2. The fourth-order valence-electron chi connectivity index (χ4n) is 1.40. The Balaban J connectivity index is 2.54. The van der Waals surface area contributed by atoms with Crippen LogP contribution in [0, 0.1) is 0 Å². The molecular weight excluding hydrogens is 188 g/mol. The Morgan fingerprint density at radius 3 is 2.93 bits per heavy atom. The topological polar surface area (TPSA) is 77.8 Å². The number of aromatic nitrogens is 2. The molecule has 0 radical (unpaired) electrons. The van der Waals surface area contributed by atoms with E-state index in [-0.39, 0.29) is 0 Å². The molecule has 1 aromatic heterocycles. The molecular formula is C11H12N4. The first kappa shape index (κ1) is 9.61. The van der Waals surface area contributed by atoms with Crippen LogP contribution < -0.4 is 11.5 Å². The minimum atomic E-state index is 0.503. The molecule has 0 fully saturated rings. The number of hydrogen-bond donors (Lipinski definition) is 2. The van der Waals surface area contributed by atoms with Gasteiger partial charge in [0.05, 0.1) is 5.52 Å². The molecule has 4 N–H and O–H groups in total. The van der Waals surface area contributed by atoms with Crippen LogP contribution in [0.15, 0.2) is 30.6 Å². The SMILES string of the molecule is NCC=Cc1ccc2ncnc(N)c2c1. The van der Waals surface area contributed by atoms with Crippen molar-refractivity contribution in [3.63, 3.8) is 0 Å². The summed E-state index contributed by atoms with van der Waals surface area (Å²) in [5.74, 6) is 0.503. The lowest BCUT2D eigenvalue weighted by atomic mass is 10.1. The van der Waals surface area contributed by atoms with Crippen molar-refractivity contribution in [3.8, 4) is 0 Å². The molecule has 0 aliphatic rings. The molecule has 4 heteroatoms. The van der Waals surface area contributed by atoms with E-state index < -0.39 is 0 Å². The molecule has 0 saturated carbocycles. The lowest BCUT2D eigenvalue weighted by molar-refractivity contribution is 1.23. The molecule has 1 heterocycles. The standard InChI is InChI=1S/C11H12N4/c12-5-1-2-8-3-4-10-9(6-8)11(13)15-7-14-10/h1-4,6-7H,5,12H2,(H2,13,14,15). The second kappa shape index (κ2) is 4.06. The molecule has 0 saturated heterocycles. The van der Waals surface area contributed by atoms with Crippen molar-refractivity contribution in [2.24, 2.45) is 5.73 Å². The van der Waals surface area contributed by atoms with Crippen LogP contribution in [0.5, 0.6) is 0 Å². The third-order valence-electron chi connectivity index (χ3n) is 2.14. The minimum Gasteiger partial charge on any atom is -0.383 e. The van der Waals surface area contributed by atoms with Crippen molar-refractivity contribution >= 4 is 22.8 Å². The summed E-state index contributed by atoms with van der Waals surface area (Å²) < 4.78 is 0. The molecule has 0 unspecified atom stereocenters. The highest BCUT2D eigenvalue weighted by molar-refractivity contribution is 5.89. The van der Waals surface area contributed by atoms with E-state index in [9.17, 15) is 0 Å². The molecule has 0 spiro atoms. The Morgan fingerprint density at radius 2 is 2.13 bits per heavy atom. The van der Waals surface area contributed by atoms with Crippen LogP contribution >= 0.6 is 0 Å². The Kier molecular flexibility index (Phi) is 2.60. The van der Waals surface area contributed by atoms with Gasteiger partial charge in [-0.3, -0.25) is 0 Å². The highest BCUT2D eigenvalue weighted by Crippen LogP contribution is 2.18. The summed E-state index contributed by atoms with van der Waals surface area (Å²) in [6, 6.07) is 5.85. The van der Waals surface area contributed by atoms with Gasteiger partial charge in [-0.25, -0.2) is 9.97 Å². The van der Waals surface area contributed by atoms with Crippen LogP contribution in [-0.2, 0) is 0 Å². The molecule has 0 amide bonds. The summed E-state index contributed by atoms with van der Waals surface area (Å²) in [5.41, 5.74) is 13.0. The van der Waals surface area contributed by atoms with Gasteiger partial charge in [-0.1, -0.05) is 18.2 Å². The van der Waals surface area contributed by atoms with Crippen molar-refractivity contribution < 1.29 is 0 Å². The van der Waals surface area contributed by atoms with Gasteiger partial charge in [0.2, 0.25) is 0 Å². The maximum Gasteiger partial charge on any atom is 0.134 e. The van der Waals surface area contributed by atoms with Crippen molar-refractivity contribution in [1.29, 1.82) is 0 Å². The number of anilines is 1. The molecule has 2 rings (SSSR count). The van der Waals surface area contributed by atoms with Gasteiger partial charge >= 0.3 is 0 Å². The van der Waals surface area contributed by atoms with Crippen LogP contribution in [0.25, 0.3) is 17.0 Å². The van der Waals surface area contributed by atoms with E-state index in [4.69, 9.17) is 11.5 Å². The maximum absolute atomic E-state index is 5.75. The van der Waals surface area contributed by atoms with E-state index in [2.05, 4.69) is 9.97 Å². The third-order valence-corrected chi connectivity index (χ3v) is 2.14. The lowest BCUT2D eigenvalue weighted by Crippen LogP contribution is -1.94. The first-order chi connectivity index (χ1) is 7.31. The predicted molar refractivity (Wildman–Crippen MR) is 62.0 cm³/mol. The number of benzene rings is 1. The van der Waals surface area contributed by atoms with E-state index in [1.54, 1.807) is 0 Å². The first-order valence-electron chi connectivity index (χ1n) is 4.68. The largest absolute Gasteiger partial charge is 0.383 e. The molecule has 0 bridgehead atoms.